The van der Waals surface area contributed by atoms with Crippen LogP contribution in [0.1, 0.15) is 29.0 Å². The van der Waals surface area contributed by atoms with Crippen LogP contribution in [0.4, 0.5) is 10.3 Å². The SMILES string of the molecule is Cc1occc1C(=O)N1CCC2(CC1)CN(c1ncc(F)cn1)CCO2. The molecule has 0 saturated carbocycles. The predicted octanol–water partition coefficient (Wildman–Crippen LogP) is 2.03. The van der Waals surface area contributed by atoms with Gasteiger partial charge in [-0.25, -0.2) is 14.4 Å². The van der Waals surface area contributed by atoms with Crippen molar-refractivity contribution in [2.45, 2.75) is 25.4 Å². The number of hydrogen-bond acceptors (Lipinski definition) is 6. The predicted molar refractivity (Wildman–Crippen MR) is 91.5 cm³/mol. The molecule has 2 fully saturated rings. The fourth-order valence-electron chi connectivity index (χ4n) is 3.68. The zero-order valence-corrected chi connectivity index (χ0v) is 14.7. The van der Waals surface area contributed by atoms with Crippen LogP contribution < -0.4 is 4.90 Å². The highest BCUT2D eigenvalue weighted by atomic mass is 19.1. The molecule has 2 aliphatic heterocycles. The van der Waals surface area contributed by atoms with E-state index in [9.17, 15) is 9.18 Å². The van der Waals surface area contributed by atoms with Crippen LogP contribution in [0.15, 0.2) is 29.1 Å². The highest BCUT2D eigenvalue weighted by molar-refractivity contribution is 5.95. The Bertz CT molecular complexity index is 784. The second-order valence-corrected chi connectivity index (χ2v) is 6.84. The number of aryl methyl sites for hydroxylation is 1. The van der Waals surface area contributed by atoms with Gasteiger partial charge in [-0.15, -0.1) is 0 Å². The molecule has 1 spiro atoms. The Morgan fingerprint density at radius 3 is 2.62 bits per heavy atom. The van der Waals surface area contributed by atoms with Crippen LogP contribution in [0.5, 0.6) is 0 Å². The zero-order chi connectivity index (χ0) is 18.1. The lowest BCUT2D eigenvalue weighted by molar-refractivity contribution is -0.0872. The maximum absolute atomic E-state index is 13.1. The van der Waals surface area contributed by atoms with E-state index < -0.39 is 5.82 Å². The average molecular weight is 360 g/mol. The lowest BCUT2D eigenvalue weighted by Gasteiger charge is -2.47. The lowest BCUT2D eigenvalue weighted by atomic mass is 9.89. The first-order valence-corrected chi connectivity index (χ1v) is 8.76. The molecule has 0 aliphatic carbocycles. The van der Waals surface area contributed by atoms with Gasteiger partial charge >= 0.3 is 0 Å². The first kappa shape index (κ1) is 17.0. The number of furan rings is 1. The van der Waals surface area contributed by atoms with Gasteiger partial charge in [-0.2, -0.15) is 0 Å². The second-order valence-electron chi connectivity index (χ2n) is 6.84. The Hall–Kier alpha value is -2.48. The van der Waals surface area contributed by atoms with Crippen molar-refractivity contribution >= 4 is 11.9 Å². The van der Waals surface area contributed by atoms with E-state index in [1.165, 1.54) is 12.4 Å². The summed E-state index contributed by atoms with van der Waals surface area (Å²) in [5.41, 5.74) is 0.296. The summed E-state index contributed by atoms with van der Waals surface area (Å²) in [4.78, 5) is 24.7. The van der Waals surface area contributed by atoms with Gasteiger partial charge in [-0.1, -0.05) is 0 Å². The number of aromatic nitrogens is 2. The van der Waals surface area contributed by atoms with Gasteiger partial charge < -0.3 is 19.0 Å². The summed E-state index contributed by atoms with van der Waals surface area (Å²) < 4.78 is 24.4. The molecule has 2 aliphatic rings. The minimum absolute atomic E-state index is 0.000587. The summed E-state index contributed by atoms with van der Waals surface area (Å²) >= 11 is 0. The molecule has 1 amide bonds. The van der Waals surface area contributed by atoms with Gasteiger partial charge in [0.15, 0.2) is 5.82 Å². The summed E-state index contributed by atoms with van der Waals surface area (Å²) in [7, 11) is 0. The van der Waals surface area contributed by atoms with E-state index in [4.69, 9.17) is 9.15 Å². The maximum atomic E-state index is 13.1. The minimum atomic E-state index is -0.446. The maximum Gasteiger partial charge on any atom is 0.257 e. The standard InChI is InChI=1S/C18H21FN4O3/c1-13-15(2-8-25-13)16(24)22-5-3-18(4-6-22)12-23(7-9-26-18)17-20-10-14(19)11-21-17/h2,8,10-11H,3-7,9,12H2,1H3. The number of ether oxygens (including phenoxy) is 1. The Kier molecular flexibility index (Phi) is 4.36. The van der Waals surface area contributed by atoms with Gasteiger partial charge in [-0.3, -0.25) is 4.79 Å². The van der Waals surface area contributed by atoms with Gasteiger partial charge in [0.1, 0.15) is 5.76 Å². The van der Waals surface area contributed by atoms with Crippen LogP contribution in [-0.4, -0.2) is 59.2 Å². The molecule has 2 saturated heterocycles. The largest absolute Gasteiger partial charge is 0.469 e. The number of morpholine rings is 1. The Balaban J connectivity index is 1.42. The molecule has 26 heavy (non-hydrogen) atoms. The molecule has 8 heteroatoms. The highest BCUT2D eigenvalue weighted by Gasteiger charge is 2.41. The van der Waals surface area contributed by atoms with Crippen LogP contribution in [0.3, 0.4) is 0 Å². The first-order chi connectivity index (χ1) is 12.6. The lowest BCUT2D eigenvalue weighted by Crippen LogP contribution is -2.58. The molecule has 138 valence electrons. The number of carbonyl (C=O) groups excluding carboxylic acids is 1. The van der Waals surface area contributed by atoms with Gasteiger partial charge in [0, 0.05) is 19.6 Å². The number of halogens is 1. The summed E-state index contributed by atoms with van der Waals surface area (Å²) in [5.74, 6) is 0.712. The van der Waals surface area contributed by atoms with E-state index in [1.54, 1.807) is 19.3 Å². The molecule has 2 aromatic heterocycles. The Morgan fingerprint density at radius 2 is 1.96 bits per heavy atom. The van der Waals surface area contributed by atoms with E-state index in [1.807, 2.05) is 9.80 Å². The summed E-state index contributed by atoms with van der Waals surface area (Å²) in [6.07, 6.45) is 5.39. The number of rotatable bonds is 2. The number of hydrogen-bond donors (Lipinski definition) is 0. The highest BCUT2D eigenvalue weighted by Crippen LogP contribution is 2.32. The molecule has 0 bridgehead atoms. The quantitative estimate of drug-likeness (QED) is 0.816. The van der Waals surface area contributed by atoms with Crippen molar-refractivity contribution in [3.63, 3.8) is 0 Å². The van der Waals surface area contributed by atoms with Gasteiger partial charge in [0.25, 0.3) is 5.91 Å². The van der Waals surface area contributed by atoms with Gasteiger partial charge in [0.2, 0.25) is 5.95 Å². The van der Waals surface area contributed by atoms with Crippen LogP contribution in [0, 0.1) is 12.7 Å². The molecule has 4 heterocycles. The number of nitrogens with zero attached hydrogens (tertiary/aromatic N) is 4. The molecule has 0 aromatic carbocycles. The van der Waals surface area contributed by atoms with Crippen LogP contribution in [-0.2, 0) is 4.74 Å². The molecular weight excluding hydrogens is 339 g/mol. The van der Waals surface area contributed by atoms with Crippen LogP contribution >= 0.6 is 0 Å². The van der Waals surface area contributed by atoms with Crippen molar-refractivity contribution in [2.24, 2.45) is 0 Å². The number of carbonyl (C=O) groups is 1. The van der Waals surface area contributed by atoms with E-state index in [2.05, 4.69) is 9.97 Å². The van der Waals surface area contributed by atoms with Crippen molar-refractivity contribution in [3.8, 4) is 0 Å². The van der Waals surface area contributed by atoms with Gasteiger partial charge in [0.05, 0.1) is 43.0 Å². The molecule has 7 nitrogen and oxygen atoms in total. The van der Waals surface area contributed by atoms with Gasteiger partial charge in [-0.05, 0) is 25.8 Å². The molecule has 0 atom stereocenters. The number of amides is 1. The van der Waals surface area contributed by atoms with Crippen LogP contribution in [0.2, 0.25) is 0 Å². The summed E-state index contributed by atoms with van der Waals surface area (Å²) in [5, 5.41) is 0. The van der Waals surface area contributed by atoms with Crippen molar-refractivity contribution in [1.29, 1.82) is 0 Å². The molecular formula is C18H21FN4O3. The second kappa shape index (κ2) is 6.68. The minimum Gasteiger partial charge on any atom is -0.469 e. The number of anilines is 1. The summed E-state index contributed by atoms with van der Waals surface area (Å²) in [6.45, 7) is 4.93. The molecule has 0 radical (unpaired) electrons. The number of piperidine rings is 1. The zero-order valence-electron chi connectivity index (χ0n) is 14.7. The Labute approximate surface area is 150 Å². The Morgan fingerprint density at radius 1 is 1.23 bits per heavy atom. The summed E-state index contributed by atoms with van der Waals surface area (Å²) in [6, 6.07) is 1.72. The molecule has 2 aromatic rings. The third-order valence-electron chi connectivity index (χ3n) is 5.19. The van der Waals surface area contributed by atoms with Crippen molar-refractivity contribution in [3.05, 3.63) is 41.9 Å². The van der Waals surface area contributed by atoms with E-state index in [0.717, 1.165) is 12.8 Å². The monoisotopic (exact) mass is 360 g/mol. The first-order valence-electron chi connectivity index (χ1n) is 8.76. The third kappa shape index (κ3) is 3.16. The molecule has 4 rings (SSSR count). The third-order valence-corrected chi connectivity index (χ3v) is 5.19. The molecule has 0 N–H and O–H groups in total. The van der Waals surface area contributed by atoms with E-state index in [-0.39, 0.29) is 11.5 Å². The van der Waals surface area contributed by atoms with Crippen molar-refractivity contribution < 1.29 is 18.3 Å². The van der Waals surface area contributed by atoms with Crippen molar-refractivity contribution in [2.75, 3.05) is 37.7 Å². The van der Waals surface area contributed by atoms with Crippen LogP contribution in [0.25, 0.3) is 0 Å². The smallest absolute Gasteiger partial charge is 0.257 e. The van der Waals surface area contributed by atoms with Crippen molar-refractivity contribution in [1.82, 2.24) is 14.9 Å². The normalized spacial score (nSPS) is 19.8. The molecule has 0 unspecified atom stereocenters. The average Bonchev–Trinajstić information content (AvgIpc) is 3.08. The topological polar surface area (TPSA) is 71.7 Å². The van der Waals surface area contributed by atoms with E-state index >= 15 is 0 Å². The number of likely N-dealkylation sites (tertiary alicyclic amines) is 1. The van der Waals surface area contributed by atoms with E-state index in [0.29, 0.717) is 50.1 Å². The fourth-order valence-corrected chi connectivity index (χ4v) is 3.68. The fraction of sp³-hybridized carbons (Fsp3) is 0.500.